The van der Waals surface area contributed by atoms with E-state index < -0.39 is 0 Å². The first-order chi connectivity index (χ1) is 10.7. The number of aromatic nitrogens is 3. The summed E-state index contributed by atoms with van der Waals surface area (Å²) in [5, 5.41) is 10.5. The molecule has 0 aliphatic carbocycles. The van der Waals surface area contributed by atoms with Gasteiger partial charge in [-0.15, -0.1) is 10.2 Å². The van der Waals surface area contributed by atoms with E-state index in [0.29, 0.717) is 5.95 Å². The van der Waals surface area contributed by atoms with Gasteiger partial charge < -0.3 is 10.2 Å². The van der Waals surface area contributed by atoms with Crippen molar-refractivity contribution >= 4 is 11.6 Å². The molecule has 7 heteroatoms. The van der Waals surface area contributed by atoms with Gasteiger partial charge in [0.05, 0.1) is 0 Å². The Morgan fingerprint density at radius 3 is 2.59 bits per heavy atom. The standard InChI is InChI=1S/C15H20N6O/c1-20-6-8-21(9-7-20)11-12-2-4-13(5-3-12)17-15-18-14(22)10-16-19-15/h2-5,10H,6-9,11H2,1H3,(H2,17,18,19,22). The van der Waals surface area contributed by atoms with Crippen LogP contribution in [0.1, 0.15) is 5.56 Å². The van der Waals surface area contributed by atoms with Gasteiger partial charge in [0.25, 0.3) is 5.56 Å². The minimum Gasteiger partial charge on any atom is -0.324 e. The lowest BCUT2D eigenvalue weighted by atomic mass is 10.2. The number of benzene rings is 1. The van der Waals surface area contributed by atoms with E-state index in [1.165, 1.54) is 5.56 Å². The SMILES string of the molecule is CN1CCN(Cc2ccc(Nc3nncc(=O)[nH]3)cc2)CC1. The van der Waals surface area contributed by atoms with Gasteiger partial charge in [-0.3, -0.25) is 14.7 Å². The Bertz CT molecular complexity index is 660. The molecule has 2 aromatic rings. The van der Waals surface area contributed by atoms with Crippen LogP contribution in [0.4, 0.5) is 11.6 Å². The van der Waals surface area contributed by atoms with Gasteiger partial charge in [-0.1, -0.05) is 12.1 Å². The highest BCUT2D eigenvalue weighted by atomic mass is 16.1. The molecule has 1 saturated heterocycles. The topological polar surface area (TPSA) is 77.2 Å². The number of anilines is 2. The lowest BCUT2D eigenvalue weighted by molar-refractivity contribution is 0.148. The number of nitrogens with one attached hydrogen (secondary N) is 2. The summed E-state index contributed by atoms with van der Waals surface area (Å²) < 4.78 is 0. The van der Waals surface area contributed by atoms with Crippen LogP contribution in [0.15, 0.2) is 35.3 Å². The molecule has 0 unspecified atom stereocenters. The van der Waals surface area contributed by atoms with Gasteiger partial charge in [0.15, 0.2) is 0 Å². The van der Waals surface area contributed by atoms with E-state index >= 15 is 0 Å². The van der Waals surface area contributed by atoms with Crippen LogP contribution in [0.3, 0.4) is 0 Å². The average molecular weight is 300 g/mol. The number of hydrogen-bond acceptors (Lipinski definition) is 6. The molecule has 1 aliphatic rings. The second-order valence-electron chi connectivity index (χ2n) is 5.58. The van der Waals surface area contributed by atoms with Crippen molar-refractivity contribution in [2.45, 2.75) is 6.54 Å². The third kappa shape index (κ3) is 3.90. The number of hydrogen-bond donors (Lipinski definition) is 2. The predicted octanol–water partition coefficient (Wildman–Crippen LogP) is 0.656. The molecule has 0 atom stereocenters. The van der Waals surface area contributed by atoms with Crippen LogP contribution in [0.5, 0.6) is 0 Å². The van der Waals surface area contributed by atoms with Gasteiger partial charge in [0.2, 0.25) is 5.95 Å². The van der Waals surface area contributed by atoms with E-state index in [-0.39, 0.29) is 5.56 Å². The monoisotopic (exact) mass is 300 g/mol. The van der Waals surface area contributed by atoms with Crippen molar-refractivity contribution in [2.75, 3.05) is 38.5 Å². The molecule has 0 bridgehead atoms. The zero-order valence-electron chi connectivity index (χ0n) is 12.6. The first-order valence-electron chi connectivity index (χ1n) is 7.38. The largest absolute Gasteiger partial charge is 0.324 e. The highest BCUT2D eigenvalue weighted by molar-refractivity contribution is 5.52. The number of likely N-dealkylation sites (N-methyl/N-ethyl adjacent to an activating group) is 1. The lowest BCUT2D eigenvalue weighted by Crippen LogP contribution is -2.43. The Balaban J connectivity index is 1.59. The quantitative estimate of drug-likeness (QED) is 0.863. The van der Waals surface area contributed by atoms with Crippen LogP contribution in [-0.2, 0) is 6.54 Å². The van der Waals surface area contributed by atoms with E-state index in [4.69, 9.17) is 0 Å². The Morgan fingerprint density at radius 2 is 1.91 bits per heavy atom. The summed E-state index contributed by atoms with van der Waals surface area (Å²) in [6.45, 7) is 5.43. The highest BCUT2D eigenvalue weighted by Gasteiger charge is 2.13. The minimum atomic E-state index is -0.274. The van der Waals surface area contributed by atoms with Crippen molar-refractivity contribution in [1.82, 2.24) is 25.0 Å². The van der Waals surface area contributed by atoms with Crippen LogP contribution < -0.4 is 10.9 Å². The van der Waals surface area contributed by atoms with E-state index in [1.807, 2.05) is 12.1 Å². The smallest absolute Gasteiger partial charge is 0.271 e. The minimum absolute atomic E-state index is 0.274. The van der Waals surface area contributed by atoms with E-state index in [1.54, 1.807) is 0 Å². The molecule has 1 fully saturated rings. The lowest BCUT2D eigenvalue weighted by Gasteiger charge is -2.32. The number of aromatic amines is 1. The fraction of sp³-hybridized carbons (Fsp3) is 0.400. The van der Waals surface area contributed by atoms with E-state index in [0.717, 1.165) is 44.6 Å². The summed E-state index contributed by atoms with van der Waals surface area (Å²) in [6, 6.07) is 8.15. The maximum Gasteiger partial charge on any atom is 0.271 e. The van der Waals surface area contributed by atoms with Gasteiger partial charge >= 0.3 is 0 Å². The molecule has 116 valence electrons. The normalized spacial score (nSPS) is 16.6. The van der Waals surface area contributed by atoms with Crippen molar-refractivity contribution in [3.05, 3.63) is 46.4 Å². The van der Waals surface area contributed by atoms with E-state index in [9.17, 15) is 4.79 Å². The fourth-order valence-electron chi connectivity index (χ4n) is 2.46. The van der Waals surface area contributed by atoms with Crippen molar-refractivity contribution in [3.8, 4) is 0 Å². The Hall–Kier alpha value is -2.25. The summed E-state index contributed by atoms with van der Waals surface area (Å²) in [5.74, 6) is 0.347. The maximum atomic E-state index is 11.2. The molecule has 0 amide bonds. The van der Waals surface area contributed by atoms with Crippen molar-refractivity contribution in [2.24, 2.45) is 0 Å². The van der Waals surface area contributed by atoms with Crippen LogP contribution in [0, 0.1) is 0 Å². The molecule has 7 nitrogen and oxygen atoms in total. The van der Waals surface area contributed by atoms with Gasteiger partial charge in [-0.05, 0) is 24.7 Å². The molecule has 1 aliphatic heterocycles. The predicted molar refractivity (Wildman–Crippen MR) is 85.2 cm³/mol. The van der Waals surface area contributed by atoms with Crippen molar-refractivity contribution < 1.29 is 0 Å². The first kappa shape index (κ1) is 14.7. The number of nitrogens with zero attached hydrogens (tertiary/aromatic N) is 4. The summed E-state index contributed by atoms with van der Waals surface area (Å²) in [5.41, 5.74) is 1.88. The third-order valence-electron chi connectivity index (χ3n) is 3.79. The van der Waals surface area contributed by atoms with Gasteiger partial charge in [0, 0.05) is 38.4 Å². The van der Waals surface area contributed by atoms with Crippen molar-refractivity contribution in [3.63, 3.8) is 0 Å². The summed E-state index contributed by atoms with van der Waals surface area (Å²) in [4.78, 5) is 18.6. The average Bonchev–Trinajstić information content (AvgIpc) is 2.52. The molecule has 3 rings (SSSR count). The molecule has 22 heavy (non-hydrogen) atoms. The zero-order chi connectivity index (χ0) is 15.4. The summed E-state index contributed by atoms with van der Waals surface area (Å²) in [7, 11) is 2.16. The zero-order valence-corrected chi connectivity index (χ0v) is 12.6. The van der Waals surface area contributed by atoms with Crippen LogP contribution in [-0.4, -0.2) is 58.2 Å². The van der Waals surface area contributed by atoms with Gasteiger partial charge in [-0.25, -0.2) is 0 Å². The van der Waals surface area contributed by atoms with Crippen molar-refractivity contribution in [1.29, 1.82) is 0 Å². The van der Waals surface area contributed by atoms with E-state index in [2.05, 4.69) is 49.5 Å². The summed E-state index contributed by atoms with van der Waals surface area (Å²) >= 11 is 0. The molecule has 2 N–H and O–H groups in total. The Labute approximate surface area is 129 Å². The Morgan fingerprint density at radius 1 is 1.18 bits per heavy atom. The second-order valence-corrected chi connectivity index (χ2v) is 5.58. The molecule has 0 spiro atoms. The first-order valence-corrected chi connectivity index (χ1v) is 7.38. The van der Waals surface area contributed by atoms with Crippen LogP contribution >= 0.6 is 0 Å². The fourth-order valence-corrected chi connectivity index (χ4v) is 2.46. The third-order valence-corrected chi connectivity index (χ3v) is 3.79. The van der Waals surface area contributed by atoms with Gasteiger partial charge in [0.1, 0.15) is 6.20 Å². The molecule has 1 aromatic heterocycles. The van der Waals surface area contributed by atoms with Crippen LogP contribution in [0.2, 0.25) is 0 Å². The molecule has 2 heterocycles. The number of H-pyrrole nitrogens is 1. The highest BCUT2D eigenvalue weighted by Crippen LogP contribution is 2.14. The molecule has 1 aromatic carbocycles. The maximum absolute atomic E-state index is 11.2. The van der Waals surface area contributed by atoms with Gasteiger partial charge in [-0.2, -0.15) is 0 Å². The molecular weight excluding hydrogens is 280 g/mol. The molecule has 0 saturated carbocycles. The summed E-state index contributed by atoms with van der Waals surface area (Å²) in [6.07, 6.45) is 1.14. The number of rotatable bonds is 4. The number of piperazine rings is 1. The molecular formula is C15H20N6O. The Kier molecular flexibility index (Phi) is 4.45. The second kappa shape index (κ2) is 6.67. The molecule has 0 radical (unpaired) electrons. The van der Waals surface area contributed by atoms with Crippen LogP contribution in [0.25, 0.3) is 0 Å².